The van der Waals surface area contributed by atoms with Gasteiger partial charge in [-0.1, -0.05) is 13.8 Å². The van der Waals surface area contributed by atoms with Crippen molar-refractivity contribution in [3.05, 3.63) is 29.8 Å². The molecule has 26 heavy (non-hydrogen) atoms. The summed E-state index contributed by atoms with van der Waals surface area (Å²) in [5.74, 6) is -1.33. The number of hydrogen-bond acceptors (Lipinski definition) is 5. The molecule has 1 aliphatic rings. The lowest BCUT2D eigenvalue weighted by atomic mass is 9.93. The Morgan fingerprint density at radius 1 is 1.12 bits per heavy atom. The second-order valence-corrected chi connectivity index (χ2v) is 5.96. The van der Waals surface area contributed by atoms with Gasteiger partial charge in [-0.3, -0.25) is 14.5 Å². The number of carbonyl (C=O) groups is 4. The largest absolute Gasteiger partial charge is 0.462 e. The molecule has 0 spiro atoms. The fourth-order valence-corrected chi connectivity index (χ4v) is 2.80. The second kappa shape index (κ2) is 7.99. The standard InChI is InChI=1S/C18H23N3O5/c1-4-18(5-2)16(24)21(17(25)20-18)11-14(22)19-13-9-7-12(8-10-13)15(23)26-6-3/h7-10H,4-6,11H2,1-3H3,(H,19,22)(H,20,25). The number of ether oxygens (including phenoxy) is 1. The van der Waals surface area contributed by atoms with Crippen LogP contribution in [0, 0.1) is 0 Å². The molecule has 0 aliphatic carbocycles. The Balaban J connectivity index is 2.00. The Labute approximate surface area is 151 Å². The fraction of sp³-hybridized carbons (Fsp3) is 0.444. The molecule has 0 radical (unpaired) electrons. The first-order valence-electron chi connectivity index (χ1n) is 8.58. The van der Waals surface area contributed by atoms with Crippen LogP contribution in [0.5, 0.6) is 0 Å². The summed E-state index contributed by atoms with van der Waals surface area (Å²) >= 11 is 0. The van der Waals surface area contributed by atoms with Crippen LogP contribution in [0.3, 0.4) is 0 Å². The average molecular weight is 361 g/mol. The highest BCUT2D eigenvalue weighted by Crippen LogP contribution is 2.24. The maximum absolute atomic E-state index is 12.5. The normalized spacial score (nSPS) is 15.6. The molecule has 1 fully saturated rings. The lowest BCUT2D eigenvalue weighted by Crippen LogP contribution is -2.46. The molecular weight excluding hydrogens is 338 g/mol. The van der Waals surface area contributed by atoms with Crippen molar-refractivity contribution in [2.75, 3.05) is 18.5 Å². The molecule has 0 saturated carbocycles. The number of anilines is 1. The summed E-state index contributed by atoms with van der Waals surface area (Å²) in [4.78, 5) is 49.2. The third-order valence-electron chi connectivity index (χ3n) is 4.43. The Bertz CT molecular complexity index is 710. The Morgan fingerprint density at radius 2 is 1.73 bits per heavy atom. The topological polar surface area (TPSA) is 105 Å². The van der Waals surface area contributed by atoms with E-state index in [0.29, 0.717) is 24.1 Å². The van der Waals surface area contributed by atoms with E-state index in [-0.39, 0.29) is 19.1 Å². The van der Waals surface area contributed by atoms with Crippen LogP contribution in [0.2, 0.25) is 0 Å². The molecule has 0 bridgehead atoms. The predicted octanol–water partition coefficient (Wildman–Crippen LogP) is 1.91. The summed E-state index contributed by atoms with van der Waals surface area (Å²) in [6, 6.07) is 5.60. The van der Waals surface area contributed by atoms with Crippen molar-refractivity contribution in [2.24, 2.45) is 0 Å². The maximum atomic E-state index is 12.5. The number of nitrogens with one attached hydrogen (secondary N) is 2. The van der Waals surface area contributed by atoms with Crippen molar-refractivity contribution in [1.29, 1.82) is 0 Å². The summed E-state index contributed by atoms with van der Waals surface area (Å²) in [7, 11) is 0. The molecule has 1 saturated heterocycles. The third kappa shape index (κ3) is 3.84. The van der Waals surface area contributed by atoms with Crippen LogP contribution in [-0.4, -0.2) is 47.4 Å². The van der Waals surface area contributed by atoms with Crippen molar-refractivity contribution in [1.82, 2.24) is 10.2 Å². The van der Waals surface area contributed by atoms with Crippen molar-refractivity contribution in [3.8, 4) is 0 Å². The van der Waals surface area contributed by atoms with Gasteiger partial charge in [0, 0.05) is 5.69 Å². The van der Waals surface area contributed by atoms with Crippen molar-refractivity contribution in [3.63, 3.8) is 0 Å². The highest BCUT2D eigenvalue weighted by atomic mass is 16.5. The first kappa shape index (κ1) is 19.4. The average Bonchev–Trinajstić information content (AvgIpc) is 2.87. The monoisotopic (exact) mass is 361 g/mol. The van der Waals surface area contributed by atoms with Gasteiger partial charge in [0.05, 0.1) is 12.2 Å². The molecule has 8 heteroatoms. The minimum atomic E-state index is -0.932. The SMILES string of the molecule is CCOC(=O)c1ccc(NC(=O)CN2C(=O)NC(CC)(CC)C2=O)cc1. The Morgan fingerprint density at radius 3 is 2.23 bits per heavy atom. The quantitative estimate of drug-likeness (QED) is 0.570. The summed E-state index contributed by atoms with van der Waals surface area (Å²) in [5.41, 5.74) is -0.111. The molecular formula is C18H23N3O5. The van der Waals surface area contributed by atoms with E-state index in [9.17, 15) is 19.2 Å². The minimum absolute atomic E-state index is 0.278. The molecule has 0 unspecified atom stereocenters. The molecule has 2 N–H and O–H groups in total. The molecule has 0 atom stereocenters. The van der Waals surface area contributed by atoms with Gasteiger partial charge in [-0.15, -0.1) is 0 Å². The summed E-state index contributed by atoms with van der Waals surface area (Å²) < 4.78 is 4.89. The molecule has 2 rings (SSSR count). The number of rotatable bonds is 7. The van der Waals surface area contributed by atoms with Gasteiger partial charge >= 0.3 is 12.0 Å². The van der Waals surface area contributed by atoms with Gasteiger partial charge in [-0.2, -0.15) is 0 Å². The lowest BCUT2D eigenvalue weighted by Gasteiger charge is -2.23. The Hall–Kier alpha value is -2.90. The van der Waals surface area contributed by atoms with Gasteiger partial charge in [-0.05, 0) is 44.0 Å². The third-order valence-corrected chi connectivity index (χ3v) is 4.43. The molecule has 8 nitrogen and oxygen atoms in total. The zero-order chi connectivity index (χ0) is 19.3. The van der Waals surface area contributed by atoms with Crippen LogP contribution >= 0.6 is 0 Å². The summed E-state index contributed by atoms with van der Waals surface area (Å²) in [5, 5.41) is 5.28. The van der Waals surface area contributed by atoms with E-state index < -0.39 is 23.4 Å². The van der Waals surface area contributed by atoms with Crippen LogP contribution in [-0.2, 0) is 14.3 Å². The highest BCUT2D eigenvalue weighted by molar-refractivity contribution is 6.10. The van der Waals surface area contributed by atoms with E-state index in [4.69, 9.17) is 4.74 Å². The summed E-state index contributed by atoms with van der Waals surface area (Å²) in [6.07, 6.45) is 0.920. The molecule has 1 aromatic rings. The van der Waals surface area contributed by atoms with Crippen LogP contribution in [0.15, 0.2) is 24.3 Å². The number of carbonyl (C=O) groups excluding carboxylic acids is 4. The van der Waals surface area contributed by atoms with Gasteiger partial charge in [0.15, 0.2) is 0 Å². The van der Waals surface area contributed by atoms with E-state index in [2.05, 4.69) is 10.6 Å². The van der Waals surface area contributed by atoms with E-state index >= 15 is 0 Å². The van der Waals surface area contributed by atoms with Crippen molar-refractivity contribution < 1.29 is 23.9 Å². The molecule has 0 aromatic heterocycles. The van der Waals surface area contributed by atoms with Crippen molar-refractivity contribution in [2.45, 2.75) is 39.2 Å². The van der Waals surface area contributed by atoms with Gasteiger partial charge in [0.2, 0.25) is 5.91 Å². The first-order chi connectivity index (χ1) is 12.4. The number of benzene rings is 1. The van der Waals surface area contributed by atoms with E-state index in [1.54, 1.807) is 19.1 Å². The van der Waals surface area contributed by atoms with Crippen LogP contribution < -0.4 is 10.6 Å². The minimum Gasteiger partial charge on any atom is -0.462 e. The lowest BCUT2D eigenvalue weighted by molar-refractivity contribution is -0.134. The number of imide groups is 1. The van der Waals surface area contributed by atoms with Crippen LogP contribution in [0.25, 0.3) is 0 Å². The first-order valence-corrected chi connectivity index (χ1v) is 8.58. The van der Waals surface area contributed by atoms with Crippen LogP contribution in [0.4, 0.5) is 10.5 Å². The fourth-order valence-electron chi connectivity index (χ4n) is 2.80. The summed E-state index contributed by atoms with van der Waals surface area (Å²) in [6.45, 7) is 5.26. The molecule has 1 aromatic carbocycles. The zero-order valence-corrected chi connectivity index (χ0v) is 15.1. The smallest absolute Gasteiger partial charge is 0.338 e. The zero-order valence-electron chi connectivity index (χ0n) is 15.1. The molecule has 4 amide bonds. The second-order valence-electron chi connectivity index (χ2n) is 5.96. The van der Waals surface area contributed by atoms with Crippen LogP contribution in [0.1, 0.15) is 44.0 Å². The Kier molecular flexibility index (Phi) is 5.97. The van der Waals surface area contributed by atoms with Crippen molar-refractivity contribution >= 4 is 29.5 Å². The number of esters is 1. The van der Waals surface area contributed by atoms with E-state index in [0.717, 1.165) is 4.90 Å². The molecule has 1 aliphatic heterocycles. The predicted molar refractivity (Wildman–Crippen MR) is 94.6 cm³/mol. The van der Waals surface area contributed by atoms with Gasteiger partial charge in [-0.25, -0.2) is 9.59 Å². The van der Waals surface area contributed by atoms with Gasteiger partial charge < -0.3 is 15.4 Å². The van der Waals surface area contributed by atoms with Gasteiger partial charge in [0.25, 0.3) is 5.91 Å². The number of amides is 4. The molecule has 140 valence electrons. The van der Waals surface area contributed by atoms with Gasteiger partial charge in [0.1, 0.15) is 12.1 Å². The van der Waals surface area contributed by atoms with E-state index in [1.165, 1.54) is 12.1 Å². The maximum Gasteiger partial charge on any atom is 0.338 e. The number of hydrogen-bond donors (Lipinski definition) is 2. The molecule has 1 heterocycles. The highest BCUT2D eigenvalue weighted by Gasteiger charge is 2.49. The number of nitrogens with zero attached hydrogens (tertiary/aromatic N) is 1. The van der Waals surface area contributed by atoms with E-state index in [1.807, 2.05) is 13.8 Å². The number of urea groups is 1.